The molecular formula is C17H15N3O2. The van der Waals surface area contributed by atoms with Crippen LogP contribution in [0.4, 0.5) is 5.95 Å². The van der Waals surface area contributed by atoms with E-state index in [1.54, 1.807) is 31.5 Å². The first-order valence-corrected chi connectivity index (χ1v) is 6.74. The van der Waals surface area contributed by atoms with Gasteiger partial charge in [0.15, 0.2) is 0 Å². The van der Waals surface area contributed by atoms with Crippen molar-refractivity contribution in [3.63, 3.8) is 0 Å². The van der Waals surface area contributed by atoms with Gasteiger partial charge in [0.1, 0.15) is 11.5 Å². The number of ether oxygens (including phenoxy) is 1. The molecule has 3 N–H and O–H groups in total. The highest BCUT2D eigenvalue weighted by Gasteiger charge is 2.13. The van der Waals surface area contributed by atoms with Gasteiger partial charge in [-0.1, -0.05) is 24.3 Å². The van der Waals surface area contributed by atoms with Crippen molar-refractivity contribution < 1.29 is 9.84 Å². The Morgan fingerprint density at radius 1 is 1.00 bits per heavy atom. The molecule has 110 valence electrons. The summed E-state index contributed by atoms with van der Waals surface area (Å²) in [4.78, 5) is 8.37. The molecular weight excluding hydrogens is 278 g/mol. The first-order chi connectivity index (χ1) is 10.7. The lowest BCUT2D eigenvalue weighted by Crippen LogP contribution is -1.98. The number of methoxy groups -OCH3 is 1. The van der Waals surface area contributed by atoms with Gasteiger partial charge in [-0.2, -0.15) is 0 Å². The molecule has 22 heavy (non-hydrogen) atoms. The van der Waals surface area contributed by atoms with Crippen molar-refractivity contribution in [2.45, 2.75) is 0 Å². The molecule has 0 aliphatic rings. The van der Waals surface area contributed by atoms with E-state index in [9.17, 15) is 5.11 Å². The minimum atomic E-state index is 0.148. The molecule has 0 fully saturated rings. The highest BCUT2D eigenvalue weighted by Crippen LogP contribution is 2.35. The molecule has 0 amide bonds. The van der Waals surface area contributed by atoms with Crippen molar-refractivity contribution in [2.24, 2.45) is 0 Å². The Hall–Kier alpha value is -3.08. The van der Waals surface area contributed by atoms with Gasteiger partial charge in [0, 0.05) is 17.3 Å². The molecule has 0 saturated carbocycles. The molecule has 0 spiro atoms. The monoisotopic (exact) mass is 293 g/mol. The lowest BCUT2D eigenvalue weighted by molar-refractivity contribution is 0.415. The van der Waals surface area contributed by atoms with Crippen molar-refractivity contribution in [3.05, 3.63) is 54.7 Å². The van der Waals surface area contributed by atoms with E-state index in [1.807, 2.05) is 30.3 Å². The van der Waals surface area contributed by atoms with Crippen LogP contribution < -0.4 is 10.5 Å². The molecule has 0 radical (unpaired) electrons. The zero-order valence-corrected chi connectivity index (χ0v) is 12.0. The summed E-state index contributed by atoms with van der Waals surface area (Å²) in [5, 5.41) is 10.1. The fraction of sp³-hybridized carbons (Fsp3) is 0.0588. The van der Waals surface area contributed by atoms with Crippen molar-refractivity contribution >= 4 is 5.95 Å². The van der Waals surface area contributed by atoms with Crippen LogP contribution in [0.1, 0.15) is 0 Å². The Balaban J connectivity index is 2.18. The van der Waals surface area contributed by atoms with E-state index in [0.717, 1.165) is 16.9 Å². The molecule has 3 aromatic rings. The second-order valence-electron chi connectivity index (χ2n) is 4.74. The maximum atomic E-state index is 10.1. The zero-order valence-electron chi connectivity index (χ0n) is 12.0. The number of nitrogen functional groups attached to an aromatic ring is 1. The number of anilines is 1. The topological polar surface area (TPSA) is 81.3 Å². The summed E-state index contributed by atoms with van der Waals surface area (Å²) in [7, 11) is 1.62. The van der Waals surface area contributed by atoms with Crippen LogP contribution in [0.5, 0.6) is 11.5 Å². The van der Waals surface area contributed by atoms with Gasteiger partial charge in [0.2, 0.25) is 5.95 Å². The second-order valence-corrected chi connectivity index (χ2v) is 4.74. The summed E-state index contributed by atoms with van der Waals surface area (Å²) < 4.78 is 5.17. The van der Waals surface area contributed by atoms with Crippen molar-refractivity contribution in [2.75, 3.05) is 12.8 Å². The molecule has 5 nitrogen and oxygen atoms in total. The third-order valence-electron chi connectivity index (χ3n) is 3.37. The molecule has 1 aromatic heterocycles. The zero-order chi connectivity index (χ0) is 15.5. The normalized spacial score (nSPS) is 10.4. The Bertz CT molecular complexity index is 801. The van der Waals surface area contributed by atoms with Crippen molar-refractivity contribution in [1.29, 1.82) is 0 Å². The van der Waals surface area contributed by atoms with Crippen LogP contribution in [-0.2, 0) is 0 Å². The van der Waals surface area contributed by atoms with Gasteiger partial charge in [0.25, 0.3) is 0 Å². The standard InChI is InChI=1S/C17H15N3O2/c1-22-12-8-6-11(7-9-12)14-10-19-17(18)20-16(14)13-4-2-3-5-15(13)21/h2-10,21H,1H3,(H2,18,19,20). The molecule has 3 rings (SSSR count). The predicted octanol–water partition coefficient (Wildman–Crippen LogP) is 3.11. The lowest BCUT2D eigenvalue weighted by Gasteiger charge is -2.11. The highest BCUT2D eigenvalue weighted by molar-refractivity contribution is 5.83. The predicted molar refractivity (Wildman–Crippen MR) is 85.5 cm³/mol. The number of phenolic OH excluding ortho intramolecular Hbond substituents is 1. The molecule has 1 heterocycles. The number of para-hydroxylation sites is 1. The van der Waals surface area contributed by atoms with Crippen molar-refractivity contribution in [3.8, 4) is 33.9 Å². The fourth-order valence-electron chi connectivity index (χ4n) is 2.26. The number of rotatable bonds is 3. The number of hydrogen-bond donors (Lipinski definition) is 2. The first kappa shape index (κ1) is 13.9. The first-order valence-electron chi connectivity index (χ1n) is 6.74. The molecule has 2 aromatic carbocycles. The number of hydrogen-bond acceptors (Lipinski definition) is 5. The molecule has 0 aliphatic heterocycles. The van der Waals surface area contributed by atoms with Crippen LogP contribution in [0, 0.1) is 0 Å². The van der Waals surface area contributed by atoms with Crippen LogP contribution in [0.2, 0.25) is 0 Å². The largest absolute Gasteiger partial charge is 0.507 e. The SMILES string of the molecule is COc1ccc(-c2cnc(N)nc2-c2ccccc2O)cc1. The van der Waals surface area contributed by atoms with Crippen LogP contribution in [0.15, 0.2) is 54.7 Å². The number of nitrogens with zero attached hydrogens (tertiary/aromatic N) is 2. The fourth-order valence-corrected chi connectivity index (χ4v) is 2.26. The van der Waals surface area contributed by atoms with Gasteiger partial charge in [-0.05, 0) is 29.8 Å². The van der Waals surface area contributed by atoms with Crippen molar-refractivity contribution in [1.82, 2.24) is 9.97 Å². The molecule has 0 atom stereocenters. The van der Waals surface area contributed by atoms with Gasteiger partial charge >= 0.3 is 0 Å². The van der Waals surface area contributed by atoms with E-state index in [4.69, 9.17) is 10.5 Å². The van der Waals surface area contributed by atoms with Crippen LogP contribution >= 0.6 is 0 Å². The van der Waals surface area contributed by atoms with Crippen LogP contribution in [0.3, 0.4) is 0 Å². The van der Waals surface area contributed by atoms with Gasteiger partial charge < -0.3 is 15.6 Å². The van der Waals surface area contributed by atoms with E-state index in [1.165, 1.54) is 0 Å². The Morgan fingerprint density at radius 3 is 2.41 bits per heavy atom. The summed E-state index contributed by atoms with van der Waals surface area (Å²) in [6.07, 6.45) is 1.66. The summed E-state index contributed by atoms with van der Waals surface area (Å²) >= 11 is 0. The number of aromatic hydroxyl groups is 1. The maximum absolute atomic E-state index is 10.1. The van der Waals surface area contributed by atoms with E-state index in [0.29, 0.717) is 11.3 Å². The average molecular weight is 293 g/mol. The molecule has 0 unspecified atom stereocenters. The van der Waals surface area contributed by atoms with Gasteiger partial charge in [-0.3, -0.25) is 0 Å². The third-order valence-corrected chi connectivity index (χ3v) is 3.37. The Morgan fingerprint density at radius 2 is 1.73 bits per heavy atom. The maximum Gasteiger partial charge on any atom is 0.220 e. The highest BCUT2D eigenvalue weighted by atomic mass is 16.5. The molecule has 0 aliphatic carbocycles. The smallest absolute Gasteiger partial charge is 0.220 e. The van der Waals surface area contributed by atoms with Gasteiger partial charge in [-0.15, -0.1) is 0 Å². The summed E-state index contributed by atoms with van der Waals surface area (Å²) in [5.41, 5.74) is 8.63. The summed E-state index contributed by atoms with van der Waals surface area (Å²) in [5.74, 6) is 1.08. The molecule has 0 saturated heterocycles. The van der Waals surface area contributed by atoms with E-state index < -0.39 is 0 Å². The molecule has 5 heteroatoms. The van der Waals surface area contributed by atoms with E-state index in [2.05, 4.69) is 9.97 Å². The Labute approximate surface area is 128 Å². The van der Waals surface area contributed by atoms with Gasteiger partial charge in [-0.25, -0.2) is 9.97 Å². The second kappa shape index (κ2) is 5.73. The quantitative estimate of drug-likeness (QED) is 0.775. The minimum Gasteiger partial charge on any atom is -0.507 e. The average Bonchev–Trinajstić information content (AvgIpc) is 2.55. The number of phenols is 1. The Kier molecular flexibility index (Phi) is 3.62. The third kappa shape index (κ3) is 2.56. The number of aromatic nitrogens is 2. The van der Waals surface area contributed by atoms with E-state index in [-0.39, 0.29) is 11.7 Å². The number of benzene rings is 2. The molecule has 0 bridgehead atoms. The number of nitrogens with two attached hydrogens (primary N) is 1. The summed E-state index contributed by atoms with van der Waals surface area (Å²) in [6.45, 7) is 0. The van der Waals surface area contributed by atoms with Crippen LogP contribution in [0.25, 0.3) is 22.4 Å². The van der Waals surface area contributed by atoms with Crippen LogP contribution in [-0.4, -0.2) is 22.2 Å². The van der Waals surface area contributed by atoms with E-state index >= 15 is 0 Å². The minimum absolute atomic E-state index is 0.148. The van der Waals surface area contributed by atoms with Gasteiger partial charge in [0.05, 0.1) is 12.8 Å². The lowest BCUT2D eigenvalue weighted by atomic mass is 10.00. The summed E-state index contributed by atoms with van der Waals surface area (Å²) in [6, 6.07) is 14.6.